The average Bonchev–Trinajstić information content (AvgIpc) is 2.50. The van der Waals surface area contributed by atoms with E-state index in [0.717, 1.165) is 18.2 Å². The molecule has 0 saturated carbocycles. The number of benzene rings is 2. The Kier molecular flexibility index (Phi) is 5.17. The van der Waals surface area contributed by atoms with Crippen LogP contribution in [0, 0.1) is 23.3 Å². The Morgan fingerprint density at radius 2 is 1.54 bits per heavy atom. The van der Waals surface area contributed by atoms with Crippen molar-refractivity contribution in [2.45, 2.75) is 4.90 Å². The molecule has 0 aliphatic carbocycles. The van der Waals surface area contributed by atoms with Crippen LogP contribution in [-0.2, 0) is 10.0 Å². The molecule has 0 fully saturated rings. The molecule has 0 atom stereocenters. The summed E-state index contributed by atoms with van der Waals surface area (Å²) < 4.78 is 85.4. The van der Waals surface area contributed by atoms with Crippen molar-refractivity contribution in [3.63, 3.8) is 0 Å². The topological polar surface area (TPSA) is 55.4 Å². The first-order valence-electron chi connectivity index (χ1n) is 5.98. The van der Waals surface area contributed by atoms with Crippen LogP contribution in [0.3, 0.4) is 0 Å². The van der Waals surface area contributed by atoms with Crippen LogP contribution < -0.4 is 9.46 Å². The van der Waals surface area contributed by atoms with Gasteiger partial charge in [0.15, 0.2) is 33.9 Å². The van der Waals surface area contributed by atoms with Gasteiger partial charge in [0.05, 0.1) is 12.8 Å². The predicted octanol–water partition coefficient (Wildman–Crippen LogP) is 4.36. The number of hydrogen-bond donors (Lipinski definition) is 1. The lowest BCUT2D eigenvalue weighted by Gasteiger charge is -2.12. The van der Waals surface area contributed by atoms with Gasteiger partial charge in [0.2, 0.25) is 0 Å². The van der Waals surface area contributed by atoms with E-state index in [0.29, 0.717) is 0 Å². The second kappa shape index (κ2) is 6.66. The minimum atomic E-state index is -4.92. The highest BCUT2D eigenvalue weighted by Gasteiger charge is 2.32. The molecule has 24 heavy (non-hydrogen) atoms. The fourth-order valence-corrected chi connectivity index (χ4v) is 3.51. The molecule has 0 amide bonds. The third-order valence-electron chi connectivity index (χ3n) is 2.84. The number of halogens is 6. The molecule has 0 saturated heterocycles. The lowest BCUT2D eigenvalue weighted by atomic mass is 10.3. The number of ether oxygens (including phenoxy) is 1. The van der Waals surface area contributed by atoms with Gasteiger partial charge in [0, 0.05) is 6.07 Å². The summed E-state index contributed by atoms with van der Waals surface area (Å²) in [5.41, 5.74) is -0.358. The van der Waals surface area contributed by atoms with Crippen molar-refractivity contribution < 1.29 is 30.7 Å². The quantitative estimate of drug-likeness (QED) is 0.468. The molecule has 130 valence electrons. The van der Waals surface area contributed by atoms with Gasteiger partial charge in [-0.25, -0.2) is 26.0 Å². The maximum atomic E-state index is 13.9. The van der Waals surface area contributed by atoms with Gasteiger partial charge in [-0.05, 0) is 12.1 Å². The van der Waals surface area contributed by atoms with Crippen LogP contribution in [-0.4, -0.2) is 15.5 Å². The summed E-state index contributed by atoms with van der Waals surface area (Å²) in [6, 6.07) is 2.89. The van der Waals surface area contributed by atoms with Crippen molar-refractivity contribution >= 4 is 38.9 Å². The molecule has 2 aromatic rings. The first kappa shape index (κ1) is 18.6. The van der Waals surface area contributed by atoms with Crippen molar-refractivity contribution in [3.05, 3.63) is 51.5 Å². The third-order valence-corrected chi connectivity index (χ3v) is 4.91. The largest absolute Gasteiger partial charge is 0.494 e. The van der Waals surface area contributed by atoms with Crippen LogP contribution in [0.1, 0.15) is 0 Å². The van der Waals surface area contributed by atoms with Crippen molar-refractivity contribution in [3.8, 4) is 5.75 Å². The summed E-state index contributed by atoms with van der Waals surface area (Å²) in [6.45, 7) is 0. The van der Waals surface area contributed by atoms with Gasteiger partial charge >= 0.3 is 0 Å². The lowest BCUT2D eigenvalue weighted by molar-refractivity contribution is 0.386. The highest BCUT2D eigenvalue weighted by molar-refractivity contribution is 7.92. The minimum absolute atomic E-state index is 0.178. The zero-order valence-corrected chi connectivity index (χ0v) is 14.0. The van der Waals surface area contributed by atoms with E-state index < -0.39 is 48.2 Å². The molecule has 0 spiro atoms. The van der Waals surface area contributed by atoms with Crippen LogP contribution in [0.5, 0.6) is 5.75 Å². The fraction of sp³-hybridized carbons (Fsp3) is 0.0769. The standard InChI is InChI=1S/C13H7Cl2F4NO3S/c1-23-7-3-2-5(4-6(7)16)20-24(21,22)13-11(18)8(14)10(17)9(15)12(13)19/h2-4,20H,1H3. The fourth-order valence-electron chi connectivity index (χ4n) is 1.76. The highest BCUT2D eigenvalue weighted by Crippen LogP contribution is 2.35. The van der Waals surface area contributed by atoms with Crippen molar-refractivity contribution in [1.29, 1.82) is 0 Å². The monoisotopic (exact) mass is 403 g/mol. The molecular formula is C13H7Cl2F4NO3S. The number of methoxy groups -OCH3 is 1. The number of sulfonamides is 1. The molecule has 0 heterocycles. The van der Waals surface area contributed by atoms with E-state index in [9.17, 15) is 26.0 Å². The molecule has 0 aromatic heterocycles. The number of hydrogen-bond acceptors (Lipinski definition) is 3. The van der Waals surface area contributed by atoms with Gasteiger partial charge in [0.25, 0.3) is 10.0 Å². The minimum Gasteiger partial charge on any atom is -0.494 e. The summed E-state index contributed by atoms with van der Waals surface area (Å²) in [5, 5.41) is -2.58. The SMILES string of the molecule is COc1ccc(NS(=O)(=O)c2c(F)c(Cl)c(F)c(Cl)c2F)cc1F. The Morgan fingerprint density at radius 3 is 2.00 bits per heavy atom. The van der Waals surface area contributed by atoms with Crippen LogP contribution in [0.2, 0.25) is 10.0 Å². The first-order chi connectivity index (χ1) is 11.1. The Balaban J connectivity index is 2.55. The lowest BCUT2D eigenvalue weighted by Crippen LogP contribution is -2.18. The maximum Gasteiger partial charge on any atom is 0.267 e. The maximum absolute atomic E-state index is 13.9. The average molecular weight is 404 g/mol. The summed E-state index contributed by atoms with van der Waals surface area (Å²) in [4.78, 5) is -1.59. The van der Waals surface area contributed by atoms with Crippen molar-refractivity contribution in [1.82, 2.24) is 0 Å². The van der Waals surface area contributed by atoms with Gasteiger partial charge in [-0.1, -0.05) is 23.2 Å². The van der Waals surface area contributed by atoms with Crippen molar-refractivity contribution in [2.24, 2.45) is 0 Å². The van der Waals surface area contributed by atoms with E-state index in [1.807, 2.05) is 0 Å². The van der Waals surface area contributed by atoms with Gasteiger partial charge in [0.1, 0.15) is 10.0 Å². The van der Waals surface area contributed by atoms with Crippen LogP contribution in [0.25, 0.3) is 0 Å². The molecule has 0 unspecified atom stereocenters. The zero-order chi connectivity index (χ0) is 18.2. The number of nitrogens with one attached hydrogen (secondary N) is 1. The Bertz CT molecular complexity index is 893. The third kappa shape index (κ3) is 3.24. The van der Waals surface area contributed by atoms with E-state index in [4.69, 9.17) is 23.2 Å². The first-order valence-corrected chi connectivity index (χ1v) is 8.21. The Morgan fingerprint density at radius 1 is 1.00 bits per heavy atom. The molecule has 0 radical (unpaired) electrons. The molecule has 11 heteroatoms. The second-order valence-electron chi connectivity index (χ2n) is 4.35. The van der Waals surface area contributed by atoms with Crippen LogP contribution in [0.15, 0.2) is 23.1 Å². The van der Waals surface area contributed by atoms with E-state index >= 15 is 0 Å². The molecule has 2 rings (SSSR count). The Hall–Kier alpha value is -1.71. The van der Waals surface area contributed by atoms with Gasteiger partial charge < -0.3 is 4.74 Å². The normalized spacial score (nSPS) is 11.5. The molecule has 0 bridgehead atoms. The zero-order valence-electron chi connectivity index (χ0n) is 11.6. The molecule has 2 aromatic carbocycles. The molecule has 0 aliphatic heterocycles. The van der Waals surface area contributed by atoms with Gasteiger partial charge in [-0.15, -0.1) is 0 Å². The van der Waals surface area contributed by atoms with E-state index in [2.05, 4.69) is 4.74 Å². The predicted molar refractivity (Wildman–Crippen MR) is 80.1 cm³/mol. The van der Waals surface area contributed by atoms with E-state index in [-0.39, 0.29) is 11.4 Å². The van der Waals surface area contributed by atoms with Crippen LogP contribution >= 0.6 is 23.2 Å². The molecule has 1 N–H and O–H groups in total. The summed E-state index contributed by atoms with van der Waals surface area (Å²) in [6.07, 6.45) is 0. The van der Waals surface area contributed by atoms with Crippen LogP contribution in [0.4, 0.5) is 23.2 Å². The number of anilines is 1. The molecule has 0 aliphatic rings. The smallest absolute Gasteiger partial charge is 0.267 e. The van der Waals surface area contributed by atoms with E-state index in [1.54, 1.807) is 4.72 Å². The van der Waals surface area contributed by atoms with Gasteiger partial charge in [-0.3, -0.25) is 4.72 Å². The summed E-state index contributed by atoms with van der Waals surface area (Å²) in [5.74, 6) is -6.46. The Labute approximate surface area is 144 Å². The van der Waals surface area contributed by atoms with E-state index in [1.165, 1.54) is 7.11 Å². The second-order valence-corrected chi connectivity index (χ2v) is 6.73. The molecular weight excluding hydrogens is 397 g/mol. The van der Waals surface area contributed by atoms with Gasteiger partial charge in [-0.2, -0.15) is 0 Å². The van der Waals surface area contributed by atoms with Crippen molar-refractivity contribution in [2.75, 3.05) is 11.8 Å². The highest BCUT2D eigenvalue weighted by atomic mass is 35.5. The number of rotatable bonds is 4. The summed E-state index contributed by atoms with van der Waals surface area (Å²) in [7, 11) is -3.73. The molecule has 4 nitrogen and oxygen atoms in total. The summed E-state index contributed by atoms with van der Waals surface area (Å²) >= 11 is 10.5.